The number of carbonyl (C=O) groups excluding carboxylic acids is 2. The standard InChI is InChI=1S/C29H25ClN2O4S/c1-3-4-15-36-21-12-9-18(10-13-21)25-24(26(33)19-7-5-17(2)6-8-19)27(34)28(35)32(25)29-31-22-14-11-20(30)16-23(22)37-29/h5-14,16,25,33H,3-4,15H2,1-2H3/b26-24+. The summed E-state index contributed by atoms with van der Waals surface area (Å²) in [5.41, 5.74) is 2.83. The first-order valence-electron chi connectivity index (χ1n) is 12.0. The molecule has 1 saturated heterocycles. The van der Waals surface area contributed by atoms with Crippen LogP contribution in [0.3, 0.4) is 0 Å². The van der Waals surface area contributed by atoms with Crippen molar-refractivity contribution in [2.45, 2.75) is 32.7 Å². The zero-order valence-electron chi connectivity index (χ0n) is 20.4. The highest BCUT2D eigenvalue weighted by Gasteiger charge is 2.48. The molecule has 0 radical (unpaired) electrons. The van der Waals surface area contributed by atoms with Gasteiger partial charge in [0, 0.05) is 10.6 Å². The molecule has 1 aromatic heterocycles. The van der Waals surface area contributed by atoms with Gasteiger partial charge in [0.25, 0.3) is 5.78 Å². The molecule has 1 aliphatic rings. The Balaban J connectivity index is 1.64. The second-order valence-corrected chi connectivity index (χ2v) is 10.4. The average Bonchev–Trinajstić information content (AvgIpc) is 3.42. The number of thiazole rings is 1. The average molecular weight is 533 g/mol. The molecule has 188 valence electrons. The molecular weight excluding hydrogens is 508 g/mol. The van der Waals surface area contributed by atoms with E-state index in [-0.39, 0.29) is 11.3 Å². The number of anilines is 1. The van der Waals surface area contributed by atoms with Gasteiger partial charge < -0.3 is 9.84 Å². The van der Waals surface area contributed by atoms with Crippen LogP contribution in [-0.2, 0) is 9.59 Å². The summed E-state index contributed by atoms with van der Waals surface area (Å²) >= 11 is 7.43. The zero-order valence-corrected chi connectivity index (χ0v) is 22.0. The maximum atomic E-state index is 13.4. The number of hydrogen-bond donors (Lipinski definition) is 1. The van der Waals surface area contributed by atoms with Crippen LogP contribution in [0.5, 0.6) is 5.75 Å². The van der Waals surface area contributed by atoms with Gasteiger partial charge in [0.1, 0.15) is 11.5 Å². The summed E-state index contributed by atoms with van der Waals surface area (Å²) in [4.78, 5) is 32.8. The first-order chi connectivity index (χ1) is 17.9. The van der Waals surface area contributed by atoms with Crippen molar-refractivity contribution in [3.63, 3.8) is 0 Å². The molecule has 0 saturated carbocycles. The largest absolute Gasteiger partial charge is 0.507 e. The maximum Gasteiger partial charge on any atom is 0.301 e. The molecular formula is C29H25ClN2O4S. The van der Waals surface area contributed by atoms with Crippen LogP contribution in [0, 0.1) is 6.92 Å². The fourth-order valence-corrected chi connectivity index (χ4v) is 5.55. The summed E-state index contributed by atoms with van der Waals surface area (Å²) in [6.07, 6.45) is 1.97. The van der Waals surface area contributed by atoms with Crippen LogP contribution < -0.4 is 9.64 Å². The Kier molecular flexibility index (Phi) is 7.00. The Morgan fingerprint density at radius 3 is 2.51 bits per heavy atom. The Morgan fingerprint density at radius 1 is 1.08 bits per heavy atom. The highest BCUT2D eigenvalue weighted by Crippen LogP contribution is 2.44. The van der Waals surface area contributed by atoms with Crippen molar-refractivity contribution in [2.24, 2.45) is 0 Å². The number of nitrogens with zero attached hydrogens (tertiary/aromatic N) is 2. The summed E-state index contributed by atoms with van der Waals surface area (Å²) in [5.74, 6) is -1.03. The van der Waals surface area contributed by atoms with Gasteiger partial charge in [0.15, 0.2) is 5.13 Å². The number of ketones is 1. The fraction of sp³-hybridized carbons (Fsp3) is 0.207. The number of benzene rings is 3. The molecule has 1 fully saturated rings. The minimum Gasteiger partial charge on any atom is -0.507 e. The molecule has 2 heterocycles. The van der Waals surface area contributed by atoms with Crippen molar-refractivity contribution in [3.8, 4) is 5.75 Å². The van der Waals surface area contributed by atoms with Crippen LogP contribution in [0.25, 0.3) is 16.0 Å². The lowest BCUT2D eigenvalue weighted by atomic mass is 9.95. The summed E-state index contributed by atoms with van der Waals surface area (Å²) < 4.78 is 6.58. The van der Waals surface area contributed by atoms with Crippen molar-refractivity contribution in [2.75, 3.05) is 11.5 Å². The SMILES string of the molecule is CCCCOc1ccc(C2/C(=C(\O)c3ccc(C)cc3)C(=O)C(=O)N2c2nc3ccc(Cl)cc3s2)cc1. The van der Waals surface area contributed by atoms with Gasteiger partial charge in [-0.1, -0.05) is 78.2 Å². The third kappa shape index (κ3) is 4.84. The molecule has 1 amide bonds. The summed E-state index contributed by atoms with van der Waals surface area (Å²) in [6, 6.07) is 18.9. The maximum absolute atomic E-state index is 13.4. The molecule has 0 aliphatic carbocycles. The topological polar surface area (TPSA) is 79.7 Å². The number of fused-ring (bicyclic) bond motifs is 1. The molecule has 37 heavy (non-hydrogen) atoms. The molecule has 0 spiro atoms. The van der Waals surface area contributed by atoms with E-state index < -0.39 is 17.7 Å². The number of aryl methyl sites for hydroxylation is 1. The zero-order chi connectivity index (χ0) is 26.1. The van der Waals surface area contributed by atoms with E-state index in [1.807, 2.05) is 43.3 Å². The number of hydrogen-bond acceptors (Lipinski definition) is 6. The van der Waals surface area contributed by atoms with Crippen LogP contribution in [0.4, 0.5) is 5.13 Å². The van der Waals surface area contributed by atoms with Crippen LogP contribution in [0.15, 0.2) is 72.3 Å². The predicted octanol–water partition coefficient (Wildman–Crippen LogP) is 7.06. The lowest BCUT2D eigenvalue weighted by Crippen LogP contribution is -2.29. The van der Waals surface area contributed by atoms with Gasteiger partial charge in [0.2, 0.25) is 0 Å². The number of unbranched alkanes of at least 4 members (excludes halogenated alkanes) is 1. The van der Waals surface area contributed by atoms with E-state index in [1.54, 1.807) is 30.3 Å². The molecule has 4 aromatic rings. The third-order valence-electron chi connectivity index (χ3n) is 6.28. The van der Waals surface area contributed by atoms with Crippen molar-refractivity contribution in [3.05, 3.63) is 94.0 Å². The fourth-order valence-electron chi connectivity index (χ4n) is 4.28. The van der Waals surface area contributed by atoms with Crippen LogP contribution in [-0.4, -0.2) is 28.4 Å². The third-order valence-corrected chi connectivity index (χ3v) is 7.53. The number of aliphatic hydroxyl groups is 1. The monoisotopic (exact) mass is 532 g/mol. The van der Waals surface area contributed by atoms with Gasteiger partial charge in [0.05, 0.1) is 28.4 Å². The predicted molar refractivity (Wildman–Crippen MR) is 147 cm³/mol. The summed E-state index contributed by atoms with van der Waals surface area (Å²) in [6.45, 7) is 4.64. The highest BCUT2D eigenvalue weighted by atomic mass is 35.5. The molecule has 1 atom stereocenters. The number of rotatable bonds is 7. The normalized spacial score (nSPS) is 17.1. The van der Waals surface area contributed by atoms with Gasteiger partial charge in [-0.3, -0.25) is 14.5 Å². The number of aromatic nitrogens is 1. The minimum absolute atomic E-state index is 0.0193. The van der Waals surface area contributed by atoms with E-state index in [1.165, 1.54) is 16.2 Å². The smallest absolute Gasteiger partial charge is 0.301 e. The number of ether oxygens (including phenoxy) is 1. The first kappa shape index (κ1) is 25.0. The number of aliphatic hydroxyl groups excluding tert-OH is 1. The van der Waals surface area contributed by atoms with Gasteiger partial charge >= 0.3 is 5.91 Å². The number of Topliss-reactive ketones (excluding diaryl/α,β-unsaturated/α-hetero) is 1. The van der Waals surface area contributed by atoms with Crippen molar-refractivity contribution < 1.29 is 19.4 Å². The number of carbonyl (C=O) groups is 2. The quantitative estimate of drug-likeness (QED) is 0.119. The Hall–Kier alpha value is -3.68. The van der Waals surface area contributed by atoms with Gasteiger partial charge in [-0.15, -0.1) is 0 Å². The van der Waals surface area contributed by atoms with E-state index in [2.05, 4.69) is 11.9 Å². The molecule has 5 rings (SSSR count). The number of halogens is 1. The molecule has 6 nitrogen and oxygen atoms in total. The second-order valence-electron chi connectivity index (χ2n) is 8.91. The van der Waals surface area contributed by atoms with Crippen LogP contribution in [0.2, 0.25) is 5.02 Å². The molecule has 1 unspecified atom stereocenters. The van der Waals surface area contributed by atoms with Crippen molar-refractivity contribution in [1.29, 1.82) is 0 Å². The van der Waals surface area contributed by atoms with E-state index in [0.29, 0.717) is 39.2 Å². The molecule has 0 bridgehead atoms. The van der Waals surface area contributed by atoms with E-state index in [4.69, 9.17) is 16.3 Å². The Bertz CT molecular complexity index is 1510. The van der Waals surface area contributed by atoms with Gasteiger partial charge in [-0.05, 0) is 49.2 Å². The minimum atomic E-state index is -0.859. The van der Waals surface area contributed by atoms with E-state index >= 15 is 0 Å². The van der Waals surface area contributed by atoms with Gasteiger partial charge in [-0.25, -0.2) is 4.98 Å². The van der Waals surface area contributed by atoms with Crippen molar-refractivity contribution in [1.82, 2.24) is 4.98 Å². The summed E-state index contributed by atoms with van der Waals surface area (Å²) in [7, 11) is 0. The lowest BCUT2D eigenvalue weighted by molar-refractivity contribution is -0.132. The van der Waals surface area contributed by atoms with Crippen LogP contribution in [0.1, 0.15) is 42.5 Å². The van der Waals surface area contributed by atoms with Crippen molar-refractivity contribution >= 4 is 55.7 Å². The molecule has 1 aliphatic heterocycles. The van der Waals surface area contributed by atoms with Gasteiger partial charge in [-0.2, -0.15) is 0 Å². The second kappa shape index (κ2) is 10.4. The van der Waals surface area contributed by atoms with E-state index in [9.17, 15) is 14.7 Å². The van der Waals surface area contributed by atoms with Crippen LogP contribution >= 0.6 is 22.9 Å². The Labute approximate surface area is 223 Å². The Morgan fingerprint density at radius 2 is 1.81 bits per heavy atom. The lowest BCUT2D eigenvalue weighted by Gasteiger charge is -2.23. The molecule has 1 N–H and O–H groups in total. The first-order valence-corrected chi connectivity index (χ1v) is 13.2. The summed E-state index contributed by atoms with van der Waals surface area (Å²) in [5, 5.41) is 12.2. The molecule has 3 aromatic carbocycles. The molecule has 8 heteroatoms. The van der Waals surface area contributed by atoms with E-state index in [0.717, 1.165) is 23.1 Å². The highest BCUT2D eigenvalue weighted by molar-refractivity contribution is 7.22. The number of amides is 1.